The second kappa shape index (κ2) is 6.44. The van der Waals surface area contributed by atoms with E-state index in [0.29, 0.717) is 0 Å². The number of aliphatic hydroxyl groups is 1. The predicted octanol–water partition coefficient (Wildman–Crippen LogP) is 3.49. The summed E-state index contributed by atoms with van der Waals surface area (Å²) in [6.07, 6.45) is 0.369. The van der Waals surface area contributed by atoms with Crippen LogP contribution in [0.4, 0.5) is 5.69 Å². The molecule has 2 aromatic rings. The molecular weight excluding hydrogens is 250 g/mol. The van der Waals surface area contributed by atoms with Crippen LogP contribution in [0.25, 0.3) is 0 Å². The summed E-state index contributed by atoms with van der Waals surface area (Å²) in [7, 11) is 0. The lowest BCUT2D eigenvalue weighted by Gasteiger charge is -2.19. The van der Waals surface area contributed by atoms with E-state index in [1.54, 1.807) is 19.1 Å². The van der Waals surface area contributed by atoms with Crippen molar-refractivity contribution >= 4 is 5.69 Å². The van der Waals surface area contributed by atoms with Crippen LogP contribution in [0.15, 0.2) is 48.5 Å². The largest absolute Gasteiger partial charge is 0.508 e. The zero-order valence-electron chi connectivity index (χ0n) is 11.9. The van der Waals surface area contributed by atoms with Crippen LogP contribution in [-0.4, -0.2) is 16.3 Å². The highest BCUT2D eigenvalue weighted by Crippen LogP contribution is 2.23. The third kappa shape index (κ3) is 3.75. The van der Waals surface area contributed by atoms with E-state index in [1.165, 1.54) is 0 Å². The summed E-state index contributed by atoms with van der Waals surface area (Å²) in [4.78, 5) is 0. The Balaban J connectivity index is 2.04. The van der Waals surface area contributed by atoms with E-state index in [2.05, 4.69) is 12.2 Å². The Bertz CT molecular complexity index is 549. The summed E-state index contributed by atoms with van der Waals surface area (Å²) < 4.78 is 0. The number of aliphatic hydroxyl groups excluding tert-OH is 1. The van der Waals surface area contributed by atoms with Gasteiger partial charge in [-0.1, -0.05) is 30.3 Å². The summed E-state index contributed by atoms with van der Waals surface area (Å²) in [5, 5.41) is 22.5. The fourth-order valence-electron chi connectivity index (χ4n) is 2.29. The molecule has 0 aromatic heterocycles. The van der Waals surface area contributed by atoms with Gasteiger partial charge in [0, 0.05) is 17.3 Å². The number of anilines is 1. The van der Waals surface area contributed by atoms with Crippen molar-refractivity contribution in [2.45, 2.75) is 32.4 Å². The van der Waals surface area contributed by atoms with Crippen molar-refractivity contribution in [3.05, 3.63) is 59.7 Å². The minimum absolute atomic E-state index is 0.236. The number of aromatic hydroxyl groups is 1. The Hall–Kier alpha value is -2.00. The topological polar surface area (TPSA) is 52.5 Å². The molecule has 0 aliphatic carbocycles. The van der Waals surface area contributed by atoms with Gasteiger partial charge in [0.25, 0.3) is 0 Å². The molecule has 0 radical (unpaired) electrons. The van der Waals surface area contributed by atoms with Gasteiger partial charge in [-0.3, -0.25) is 0 Å². The highest BCUT2D eigenvalue weighted by Gasteiger charge is 2.10. The first-order chi connectivity index (χ1) is 9.56. The minimum Gasteiger partial charge on any atom is -0.508 e. The molecule has 2 rings (SSSR count). The first-order valence-corrected chi connectivity index (χ1v) is 6.87. The Morgan fingerprint density at radius 2 is 1.65 bits per heavy atom. The molecule has 0 fully saturated rings. The average molecular weight is 271 g/mol. The van der Waals surface area contributed by atoms with E-state index < -0.39 is 6.10 Å². The highest BCUT2D eigenvalue weighted by atomic mass is 16.3. The van der Waals surface area contributed by atoms with Gasteiger partial charge in [0.15, 0.2) is 0 Å². The van der Waals surface area contributed by atoms with E-state index in [9.17, 15) is 10.2 Å². The maximum atomic E-state index is 9.77. The molecule has 0 spiro atoms. The van der Waals surface area contributed by atoms with Crippen molar-refractivity contribution in [1.29, 1.82) is 0 Å². The summed E-state index contributed by atoms with van der Waals surface area (Å²) in [5.74, 6) is 0.286. The van der Waals surface area contributed by atoms with Crippen LogP contribution in [0, 0.1) is 0 Å². The molecule has 20 heavy (non-hydrogen) atoms. The second-order valence-corrected chi connectivity index (χ2v) is 5.18. The van der Waals surface area contributed by atoms with Crippen molar-refractivity contribution < 1.29 is 10.2 Å². The van der Waals surface area contributed by atoms with Crippen LogP contribution >= 0.6 is 0 Å². The normalized spacial score (nSPS) is 13.8. The number of phenols is 1. The number of para-hydroxylation sites is 1. The third-order valence-corrected chi connectivity index (χ3v) is 3.29. The Labute approximate surface area is 119 Å². The van der Waals surface area contributed by atoms with Gasteiger partial charge in [-0.25, -0.2) is 0 Å². The number of nitrogens with one attached hydrogen (secondary N) is 1. The molecule has 3 N–H and O–H groups in total. The van der Waals surface area contributed by atoms with Crippen LogP contribution < -0.4 is 5.32 Å². The lowest BCUT2D eigenvalue weighted by atomic mass is 10.0. The summed E-state index contributed by atoms with van der Waals surface area (Å²) in [6, 6.07) is 15.3. The third-order valence-electron chi connectivity index (χ3n) is 3.29. The van der Waals surface area contributed by atoms with E-state index >= 15 is 0 Å². The second-order valence-electron chi connectivity index (χ2n) is 5.18. The van der Waals surface area contributed by atoms with Gasteiger partial charge in [0.05, 0.1) is 6.10 Å². The van der Waals surface area contributed by atoms with Gasteiger partial charge in [0.2, 0.25) is 0 Å². The van der Waals surface area contributed by atoms with Crippen molar-refractivity contribution in [2.24, 2.45) is 0 Å². The molecule has 2 unspecified atom stereocenters. The molecule has 0 bridgehead atoms. The Morgan fingerprint density at radius 1 is 1.00 bits per heavy atom. The summed E-state index contributed by atoms with van der Waals surface area (Å²) in [6.45, 7) is 3.87. The van der Waals surface area contributed by atoms with Crippen molar-refractivity contribution in [3.8, 4) is 5.75 Å². The lowest BCUT2D eigenvalue weighted by molar-refractivity contribution is 0.200. The zero-order valence-corrected chi connectivity index (χ0v) is 11.9. The van der Waals surface area contributed by atoms with Crippen molar-refractivity contribution in [1.82, 2.24) is 0 Å². The SMILES string of the molecule is CC(Cc1ccc(O)cc1)Nc1ccccc1C(C)O. The van der Waals surface area contributed by atoms with E-state index in [1.807, 2.05) is 36.4 Å². The molecule has 0 aliphatic rings. The maximum absolute atomic E-state index is 9.77. The molecule has 0 saturated carbocycles. The number of benzene rings is 2. The minimum atomic E-state index is -0.487. The number of rotatable bonds is 5. The number of hydrogen-bond acceptors (Lipinski definition) is 3. The Kier molecular flexibility index (Phi) is 4.64. The highest BCUT2D eigenvalue weighted by molar-refractivity contribution is 5.52. The quantitative estimate of drug-likeness (QED) is 0.780. The van der Waals surface area contributed by atoms with Crippen LogP contribution in [0.1, 0.15) is 31.1 Å². The van der Waals surface area contributed by atoms with Gasteiger partial charge in [0.1, 0.15) is 5.75 Å². The van der Waals surface area contributed by atoms with E-state index in [4.69, 9.17) is 0 Å². The van der Waals surface area contributed by atoms with Crippen molar-refractivity contribution in [3.63, 3.8) is 0 Å². The van der Waals surface area contributed by atoms with Crippen molar-refractivity contribution in [2.75, 3.05) is 5.32 Å². The monoisotopic (exact) mass is 271 g/mol. The smallest absolute Gasteiger partial charge is 0.115 e. The first kappa shape index (κ1) is 14.4. The van der Waals surface area contributed by atoms with E-state index in [-0.39, 0.29) is 11.8 Å². The van der Waals surface area contributed by atoms with Gasteiger partial charge < -0.3 is 15.5 Å². The number of hydrogen-bond donors (Lipinski definition) is 3. The molecule has 3 nitrogen and oxygen atoms in total. The van der Waals surface area contributed by atoms with Gasteiger partial charge in [-0.2, -0.15) is 0 Å². The first-order valence-electron chi connectivity index (χ1n) is 6.87. The molecule has 3 heteroatoms. The standard InChI is InChI=1S/C17H21NO2/c1-12(11-14-7-9-15(20)10-8-14)18-17-6-4-3-5-16(17)13(2)19/h3-10,12-13,18-20H,11H2,1-2H3. The van der Waals surface area contributed by atoms with Crippen LogP contribution in [0.5, 0.6) is 5.75 Å². The molecule has 0 heterocycles. The summed E-state index contributed by atoms with van der Waals surface area (Å²) >= 11 is 0. The Morgan fingerprint density at radius 3 is 2.30 bits per heavy atom. The van der Waals surface area contributed by atoms with Crippen LogP contribution in [0.2, 0.25) is 0 Å². The fraction of sp³-hybridized carbons (Fsp3) is 0.294. The number of phenolic OH excluding ortho intramolecular Hbond substituents is 1. The van der Waals surface area contributed by atoms with Crippen LogP contribution in [0.3, 0.4) is 0 Å². The average Bonchev–Trinajstić information content (AvgIpc) is 2.41. The molecule has 2 atom stereocenters. The lowest BCUT2D eigenvalue weighted by Crippen LogP contribution is -2.19. The van der Waals surface area contributed by atoms with Crippen LogP contribution in [-0.2, 0) is 6.42 Å². The molecule has 106 valence electrons. The molecule has 0 aliphatic heterocycles. The summed E-state index contributed by atoms with van der Waals surface area (Å²) in [5.41, 5.74) is 3.04. The fourth-order valence-corrected chi connectivity index (χ4v) is 2.29. The molecule has 2 aromatic carbocycles. The predicted molar refractivity (Wildman–Crippen MR) is 82.0 cm³/mol. The molecule has 0 amide bonds. The molecule has 0 saturated heterocycles. The zero-order chi connectivity index (χ0) is 14.5. The van der Waals surface area contributed by atoms with Gasteiger partial charge >= 0.3 is 0 Å². The maximum Gasteiger partial charge on any atom is 0.115 e. The molecular formula is C17H21NO2. The van der Waals surface area contributed by atoms with E-state index in [0.717, 1.165) is 23.2 Å². The van der Waals surface area contributed by atoms with Gasteiger partial charge in [-0.15, -0.1) is 0 Å². The van der Waals surface area contributed by atoms with Gasteiger partial charge in [-0.05, 0) is 44.0 Å².